The molecule has 0 saturated heterocycles. The molecule has 1 aliphatic rings. The van der Waals surface area contributed by atoms with Crippen LogP contribution in [0.4, 0.5) is 0 Å². The molecule has 2 heteroatoms. The van der Waals surface area contributed by atoms with Gasteiger partial charge in [0.15, 0.2) is 0 Å². The van der Waals surface area contributed by atoms with E-state index < -0.39 is 0 Å². The predicted molar refractivity (Wildman–Crippen MR) is 68.3 cm³/mol. The van der Waals surface area contributed by atoms with Crippen molar-refractivity contribution in [3.8, 4) is 5.75 Å². The molecule has 92 valence electrons. The summed E-state index contributed by atoms with van der Waals surface area (Å²) in [6.45, 7) is 6.19. The van der Waals surface area contributed by atoms with Crippen LogP contribution in [0.25, 0.3) is 0 Å². The number of Topliss-reactive ketones (excluding diaryl/α,β-unsaturated/α-hetero) is 1. The number of hydrogen-bond acceptors (Lipinski definition) is 2. The van der Waals surface area contributed by atoms with E-state index >= 15 is 0 Å². The maximum atomic E-state index is 11.6. The summed E-state index contributed by atoms with van der Waals surface area (Å²) in [6.07, 6.45) is 2.46. The number of hydrogen-bond donors (Lipinski definition) is 0. The SMILES string of the molecule is CCc1cccc(OC2CC(=O)C2(C)CC)c1. The largest absolute Gasteiger partial charge is 0.489 e. The molecule has 17 heavy (non-hydrogen) atoms. The lowest BCUT2D eigenvalue weighted by Gasteiger charge is -2.44. The fourth-order valence-corrected chi connectivity index (χ4v) is 2.27. The molecular formula is C15H20O2. The van der Waals surface area contributed by atoms with E-state index in [2.05, 4.69) is 26.0 Å². The highest BCUT2D eigenvalue weighted by molar-refractivity contribution is 5.92. The van der Waals surface area contributed by atoms with Crippen molar-refractivity contribution < 1.29 is 9.53 Å². The Labute approximate surface area is 103 Å². The summed E-state index contributed by atoms with van der Waals surface area (Å²) in [6, 6.07) is 8.15. The van der Waals surface area contributed by atoms with Gasteiger partial charge in [-0.3, -0.25) is 4.79 Å². The van der Waals surface area contributed by atoms with Gasteiger partial charge in [0.25, 0.3) is 0 Å². The molecule has 1 fully saturated rings. The van der Waals surface area contributed by atoms with Crippen LogP contribution in [0.15, 0.2) is 24.3 Å². The summed E-state index contributed by atoms with van der Waals surface area (Å²) in [7, 11) is 0. The van der Waals surface area contributed by atoms with Crippen molar-refractivity contribution in [3.63, 3.8) is 0 Å². The van der Waals surface area contributed by atoms with Crippen molar-refractivity contribution in [2.75, 3.05) is 0 Å². The van der Waals surface area contributed by atoms with E-state index in [1.165, 1.54) is 5.56 Å². The molecular weight excluding hydrogens is 212 g/mol. The third-order valence-electron chi connectivity index (χ3n) is 4.04. The van der Waals surface area contributed by atoms with Gasteiger partial charge in [0.1, 0.15) is 17.6 Å². The van der Waals surface area contributed by atoms with Gasteiger partial charge in [0.05, 0.1) is 5.41 Å². The Morgan fingerprint density at radius 3 is 2.76 bits per heavy atom. The quantitative estimate of drug-likeness (QED) is 0.795. The van der Waals surface area contributed by atoms with Gasteiger partial charge >= 0.3 is 0 Å². The minimum Gasteiger partial charge on any atom is -0.489 e. The number of ether oxygens (including phenoxy) is 1. The lowest BCUT2D eigenvalue weighted by molar-refractivity contribution is -0.150. The van der Waals surface area contributed by atoms with Gasteiger partial charge in [0, 0.05) is 6.42 Å². The third-order valence-corrected chi connectivity index (χ3v) is 4.04. The van der Waals surface area contributed by atoms with Crippen LogP contribution in [0.1, 0.15) is 39.2 Å². The van der Waals surface area contributed by atoms with Crippen LogP contribution < -0.4 is 4.74 Å². The Balaban J connectivity index is 2.09. The Morgan fingerprint density at radius 2 is 2.18 bits per heavy atom. The first-order chi connectivity index (χ1) is 8.10. The Hall–Kier alpha value is -1.31. The van der Waals surface area contributed by atoms with E-state index in [4.69, 9.17) is 4.74 Å². The van der Waals surface area contributed by atoms with Gasteiger partial charge in [0.2, 0.25) is 0 Å². The molecule has 2 unspecified atom stereocenters. The number of rotatable bonds is 4. The van der Waals surface area contributed by atoms with E-state index in [-0.39, 0.29) is 11.5 Å². The first kappa shape index (κ1) is 12.2. The second kappa shape index (κ2) is 4.52. The highest BCUT2D eigenvalue weighted by Gasteiger charge is 2.51. The Kier molecular flexibility index (Phi) is 3.23. The third kappa shape index (κ3) is 2.08. The minimum absolute atomic E-state index is 0.0482. The van der Waals surface area contributed by atoms with E-state index in [0.717, 1.165) is 18.6 Å². The van der Waals surface area contributed by atoms with Gasteiger partial charge in [-0.2, -0.15) is 0 Å². The fraction of sp³-hybridized carbons (Fsp3) is 0.533. The summed E-state index contributed by atoms with van der Waals surface area (Å²) in [5, 5.41) is 0. The van der Waals surface area contributed by atoms with Gasteiger partial charge in [-0.05, 0) is 37.5 Å². The average molecular weight is 232 g/mol. The molecule has 1 aliphatic carbocycles. The van der Waals surface area contributed by atoms with Gasteiger partial charge in [-0.15, -0.1) is 0 Å². The zero-order valence-corrected chi connectivity index (χ0v) is 10.8. The number of ketones is 1. The number of benzene rings is 1. The van der Waals surface area contributed by atoms with Crippen LogP contribution in [0.5, 0.6) is 5.75 Å². The smallest absolute Gasteiger partial charge is 0.146 e. The average Bonchev–Trinajstić information content (AvgIpc) is 2.37. The van der Waals surface area contributed by atoms with Crippen LogP contribution in [-0.2, 0) is 11.2 Å². The molecule has 0 aliphatic heterocycles. The van der Waals surface area contributed by atoms with Crippen LogP contribution in [0, 0.1) is 5.41 Å². The van der Waals surface area contributed by atoms with Gasteiger partial charge in [-0.1, -0.05) is 26.0 Å². The van der Waals surface area contributed by atoms with Crippen LogP contribution in [0.3, 0.4) is 0 Å². The van der Waals surface area contributed by atoms with Crippen molar-refractivity contribution in [3.05, 3.63) is 29.8 Å². The van der Waals surface area contributed by atoms with Gasteiger partial charge < -0.3 is 4.74 Å². The van der Waals surface area contributed by atoms with Crippen LogP contribution in [0.2, 0.25) is 0 Å². The standard InChI is InChI=1S/C15H20O2/c1-4-11-7-6-8-12(9-11)17-14-10-13(16)15(14,3)5-2/h6-9,14H,4-5,10H2,1-3H3. The van der Waals surface area contributed by atoms with Gasteiger partial charge in [-0.25, -0.2) is 0 Å². The van der Waals surface area contributed by atoms with Crippen molar-refractivity contribution in [2.24, 2.45) is 5.41 Å². The first-order valence-electron chi connectivity index (χ1n) is 6.39. The summed E-state index contributed by atoms with van der Waals surface area (Å²) >= 11 is 0. The summed E-state index contributed by atoms with van der Waals surface area (Å²) in [5.74, 6) is 1.22. The maximum absolute atomic E-state index is 11.6. The predicted octanol–water partition coefficient (Wildman–Crippen LogP) is 3.39. The molecule has 0 radical (unpaired) electrons. The number of carbonyl (C=O) groups excluding carboxylic acids is 1. The van der Waals surface area contributed by atoms with Crippen LogP contribution in [-0.4, -0.2) is 11.9 Å². The van der Waals surface area contributed by atoms with E-state index in [0.29, 0.717) is 12.2 Å². The Bertz CT molecular complexity index is 425. The number of carbonyl (C=O) groups is 1. The second-order valence-electron chi connectivity index (χ2n) is 5.01. The topological polar surface area (TPSA) is 26.3 Å². The highest BCUT2D eigenvalue weighted by Crippen LogP contribution is 2.42. The summed E-state index contributed by atoms with van der Waals surface area (Å²) in [5.41, 5.74) is 0.994. The van der Waals surface area contributed by atoms with E-state index in [1.54, 1.807) is 0 Å². The second-order valence-corrected chi connectivity index (χ2v) is 5.01. The molecule has 1 saturated carbocycles. The van der Waals surface area contributed by atoms with E-state index in [1.807, 2.05) is 19.1 Å². The normalized spacial score (nSPS) is 27.7. The molecule has 0 amide bonds. The summed E-state index contributed by atoms with van der Waals surface area (Å²) in [4.78, 5) is 11.6. The molecule has 2 rings (SSSR count). The first-order valence-corrected chi connectivity index (χ1v) is 6.39. The molecule has 0 aromatic heterocycles. The molecule has 0 N–H and O–H groups in total. The minimum atomic E-state index is -0.276. The van der Waals surface area contributed by atoms with Crippen molar-refractivity contribution in [1.29, 1.82) is 0 Å². The van der Waals surface area contributed by atoms with Crippen molar-refractivity contribution in [1.82, 2.24) is 0 Å². The zero-order chi connectivity index (χ0) is 12.5. The maximum Gasteiger partial charge on any atom is 0.146 e. The molecule has 1 aromatic rings. The van der Waals surface area contributed by atoms with Crippen LogP contribution >= 0.6 is 0 Å². The molecule has 2 nitrogen and oxygen atoms in total. The lowest BCUT2D eigenvalue weighted by atomic mass is 9.64. The monoisotopic (exact) mass is 232 g/mol. The molecule has 2 atom stereocenters. The van der Waals surface area contributed by atoms with E-state index in [9.17, 15) is 4.79 Å². The summed E-state index contributed by atoms with van der Waals surface area (Å²) < 4.78 is 5.95. The van der Waals surface area contributed by atoms with Crippen molar-refractivity contribution in [2.45, 2.75) is 46.1 Å². The molecule has 1 aromatic carbocycles. The fourth-order valence-electron chi connectivity index (χ4n) is 2.27. The number of aryl methyl sites for hydroxylation is 1. The zero-order valence-electron chi connectivity index (χ0n) is 10.8. The molecule has 0 spiro atoms. The lowest BCUT2D eigenvalue weighted by Crippen LogP contribution is -2.54. The molecule has 0 bridgehead atoms. The van der Waals surface area contributed by atoms with Crippen molar-refractivity contribution >= 4 is 5.78 Å². The highest BCUT2D eigenvalue weighted by atomic mass is 16.5. The Morgan fingerprint density at radius 1 is 1.41 bits per heavy atom. The molecule has 0 heterocycles.